The molecule has 1 fully saturated rings. The van der Waals surface area contributed by atoms with E-state index in [-0.39, 0.29) is 0 Å². The molecule has 1 rings (SSSR count). The van der Waals surface area contributed by atoms with Crippen LogP contribution in [0.4, 0.5) is 0 Å². The van der Waals surface area contributed by atoms with Gasteiger partial charge in [0.05, 0.1) is 0 Å². The molecule has 3 atom stereocenters. The summed E-state index contributed by atoms with van der Waals surface area (Å²) in [7, 11) is 0. The highest BCUT2D eigenvalue weighted by Crippen LogP contribution is 2.26. The van der Waals surface area contributed by atoms with Crippen LogP contribution in [0.3, 0.4) is 0 Å². The fourth-order valence-electron chi connectivity index (χ4n) is 2.65. The molecule has 1 saturated heterocycles. The lowest BCUT2D eigenvalue weighted by Gasteiger charge is -2.41. The number of hydrogen-bond donors (Lipinski definition) is 1. The number of piperidine rings is 1. The standard InChI is InChI=1S/C13H28N2/c1-5-6-14-7-8-15-10-11(2)9-12(3)13(15)4/h11-14H,5-10H2,1-4H3. The van der Waals surface area contributed by atoms with Crippen molar-refractivity contribution in [2.75, 3.05) is 26.2 Å². The maximum Gasteiger partial charge on any atom is 0.0110 e. The van der Waals surface area contributed by atoms with E-state index in [0.717, 1.165) is 31.0 Å². The molecule has 90 valence electrons. The molecule has 0 amide bonds. The summed E-state index contributed by atoms with van der Waals surface area (Å²) in [6, 6.07) is 0.768. The fraction of sp³-hybridized carbons (Fsp3) is 1.00. The van der Waals surface area contributed by atoms with Crippen LogP contribution in [0.5, 0.6) is 0 Å². The van der Waals surface area contributed by atoms with E-state index in [1.807, 2.05) is 0 Å². The van der Waals surface area contributed by atoms with Gasteiger partial charge in [-0.3, -0.25) is 4.90 Å². The van der Waals surface area contributed by atoms with Crippen LogP contribution in [0.2, 0.25) is 0 Å². The third-order valence-electron chi connectivity index (χ3n) is 3.72. The molecule has 2 heteroatoms. The van der Waals surface area contributed by atoms with Gasteiger partial charge in [-0.1, -0.05) is 20.8 Å². The average molecular weight is 212 g/mol. The molecule has 3 unspecified atom stereocenters. The van der Waals surface area contributed by atoms with Crippen LogP contribution in [0.25, 0.3) is 0 Å². The second-order valence-electron chi connectivity index (χ2n) is 5.30. The van der Waals surface area contributed by atoms with E-state index in [4.69, 9.17) is 0 Å². The molecule has 0 aliphatic carbocycles. The van der Waals surface area contributed by atoms with Crippen LogP contribution < -0.4 is 5.32 Å². The van der Waals surface area contributed by atoms with Crippen molar-refractivity contribution in [2.24, 2.45) is 11.8 Å². The molecule has 0 aromatic heterocycles. The summed E-state index contributed by atoms with van der Waals surface area (Å²) < 4.78 is 0. The highest BCUT2D eigenvalue weighted by atomic mass is 15.2. The minimum Gasteiger partial charge on any atom is -0.315 e. The van der Waals surface area contributed by atoms with Crippen LogP contribution in [-0.4, -0.2) is 37.1 Å². The van der Waals surface area contributed by atoms with Crippen molar-refractivity contribution in [3.05, 3.63) is 0 Å². The van der Waals surface area contributed by atoms with E-state index >= 15 is 0 Å². The maximum absolute atomic E-state index is 3.49. The largest absolute Gasteiger partial charge is 0.315 e. The second-order valence-corrected chi connectivity index (χ2v) is 5.30. The third kappa shape index (κ3) is 4.12. The predicted molar refractivity (Wildman–Crippen MR) is 67.1 cm³/mol. The van der Waals surface area contributed by atoms with Crippen LogP contribution in [0.1, 0.15) is 40.5 Å². The molecule has 0 bridgehead atoms. The van der Waals surface area contributed by atoms with Crippen molar-refractivity contribution in [2.45, 2.75) is 46.6 Å². The SMILES string of the molecule is CCCNCCN1CC(C)CC(C)C1C. The van der Waals surface area contributed by atoms with Crippen molar-refractivity contribution in [1.82, 2.24) is 10.2 Å². The molecule has 15 heavy (non-hydrogen) atoms. The lowest BCUT2D eigenvalue weighted by Crippen LogP contribution is -2.48. The van der Waals surface area contributed by atoms with Gasteiger partial charge in [0.25, 0.3) is 0 Å². The van der Waals surface area contributed by atoms with Gasteiger partial charge >= 0.3 is 0 Å². The number of rotatable bonds is 5. The van der Waals surface area contributed by atoms with E-state index in [1.165, 1.54) is 25.9 Å². The molecule has 2 nitrogen and oxygen atoms in total. The molecule has 0 spiro atoms. The van der Waals surface area contributed by atoms with Crippen molar-refractivity contribution in [3.63, 3.8) is 0 Å². The van der Waals surface area contributed by atoms with Gasteiger partial charge in [0.2, 0.25) is 0 Å². The molecule has 0 saturated carbocycles. The Balaban J connectivity index is 2.26. The van der Waals surface area contributed by atoms with Gasteiger partial charge in [0.1, 0.15) is 0 Å². The van der Waals surface area contributed by atoms with Gasteiger partial charge in [0, 0.05) is 25.7 Å². The van der Waals surface area contributed by atoms with Crippen LogP contribution in [0.15, 0.2) is 0 Å². The summed E-state index contributed by atoms with van der Waals surface area (Å²) in [6.45, 7) is 14.2. The predicted octanol–water partition coefficient (Wildman–Crippen LogP) is 2.35. The first-order valence-corrected chi connectivity index (χ1v) is 6.59. The highest BCUT2D eigenvalue weighted by molar-refractivity contribution is 4.82. The Labute approximate surface area is 95.4 Å². The Kier molecular flexibility index (Phi) is 5.62. The zero-order valence-electron chi connectivity index (χ0n) is 10.9. The quantitative estimate of drug-likeness (QED) is 0.704. The zero-order chi connectivity index (χ0) is 11.3. The average Bonchev–Trinajstić information content (AvgIpc) is 2.19. The topological polar surface area (TPSA) is 15.3 Å². The summed E-state index contributed by atoms with van der Waals surface area (Å²) >= 11 is 0. The Morgan fingerprint density at radius 1 is 1.20 bits per heavy atom. The van der Waals surface area contributed by atoms with Crippen LogP contribution >= 0.6 is 0 Å². The van der Waals surface area contributed by atoms with Crippen molar-refractivity contribution < 1.29 is 0 Å². The Hall–Kier alpha value is -0.0800. The first-order chi connectivity index (χ1) is 7.15. The summed E-state index contributed by atoms with van der Waals surface area (Å²) in [5.74, 6) is 1.74. The van der Waals surface area contributed by atoms with E-state index < -0.39 is 0 Å². The van der Waals surface area contributed by atoms with E-state index in [0.29, 0.717) is 0 Å². The van der Waals surface area contributed by atoms with Gasteiger partial charge in [-0.15, -0.1) is 0 Å². The smallest absolute Gasteiger partial charge is 0.0110 e. The van der Waals surface area contributed by atoms with Gasteiger partial charge in [-0.2, -0.15) is 0 Å². The van der Waals surface area contributed by atoms with E-state index in [2.05, 4.69) is 37.9 Å². The summed E-state index contributed by atoms with van der Waals surface area (Å²) in [5, 5.41) is 3.49. The molecule has 0 aromatic rings. The normalized spacial score (nSPS) is 33.2. The zero-order valence-corrected chi connectivity index (χ0v) is 10.9. The van der Waals surface area contributed by atoms with E-state index in [1.54, 1.807) is 0 Å². The number of hydrogen-bond acceptors (Lipinski definition) is 2. The Morgan fingerprint density at radius 2 is 1.93 bits per heavy atom. The van der Waals surface area contributed by atoms with E-state index in [9.17, 15) is 0 Å². The highest BCUT2D eigenvalue weighted by Gasteiger charge is 2.27. The third-order valence-corrected chi connectivity index (χ3v) is 3.72. The Bertz CT molecular complexity index is 170. The minimum absolute atomic E-state index is 0.768. The van der Waals surface area contributed by atoms with Gasteiger partial charge < -0.3 is 5.32 Å². The number of nitrogens with one attached hydrogen (secondary N) is 1. The molecular weight excluding hydrogens is 184 g/mol. The van der Waals surface area contributed by atoms with Crippen molar-refractivity contribution >= 4 is 0 Å². The van der Waals surface area contributed by atoms with Crippen molar-refractivity contribution in [3.8, 4) is 0 Å². The molecule has 1 N–H and O–H groups in total. The fourth-order valence-corrected chi connectivity index (χ4v) is 2.65. The maximum atomic E-state index is 3.49. The van der Waals surface area contributed by atoms with Gasteiger partial charge in [-0.05, 0) is 38.1 Å². The second kappa shape index (κ2) is 6.49. The molecule has 1 aliphatic rings. The lowest BCUT2D eigenvalue weighted by atomic mass is 9.86. The van der Waals surface area contributed by atoms with Gasteiger partial charge in [-0.25, -0.2) is 0 Å². The molecule has 1 heterocycles. The number of likely N-dealkylation sites (tertiary alicyclic amines) is 1. The van der Waals surface area contributed by atoms with Gasteiger partial charge in [0.15, 0.2) is 0 Å². The number of nitrogens with zero attached hydrogens (tertiary/aromatic N) is 1. The Morgan fingerprint density at radius 3 is 2.60 bits per heavy atom. The molecule has 0 radical (unpaired) electrons. The van der Waals surface area contributed by atoms with Crippen LogP contribution in [-0.2, 0) is 0 Å². The van der Waals surface area contributed by atoms with Crippen molar-refractivity contribution in [1.29, 1.82) is 0 Å². The summed E-state index contributed by atoms with van der Waals surface area (Å²) in [4.78, 5) is 2.65. The first-order valence-electron chi connectivity index (χ1n) is 6.59. The molecule has 1 aliphatic heterocycles. The van der Waals surface area contributed by atoms with Crippen LogP contribution in [0, 0.1) is 11.8 Å². The molecule has 0 aromatic carbocycles. The first kappa shape index (κ1) is 13.0. The minimum atomic E-state index is 0.768. The summed E-state index contributed by atoms with van der Waals surface area (Å²) in [6.07, 6.45) is 2.64. The summed E-state index contributed by atoms with van der Waals surface area (Å²) in [5.41, 5.74) is 0. The molecular formula is C13H28N2. The lowest BCUT2D eigenvalue weighted by molar-refractivity contribution is 0.0808. The monoisotopic (exact) mass is 212 g/mol.